The van der Waals surface area contributed by atoms with Crippen molar-refractivity contribution in [3.63, 3.8) is 0 Å². The molecule has 3 rings (SSSR count). The van der Waals surface area contributed by atoms with Gasteiger partial charge < -0.3 is 10.1 Å². The lowest BCUT2D eigenvalue weighted by Crippen LogP contribution is -2.41. The number of carbonyl (C=O) groups is 3. The lowest BCUT2D eigenvalue weighted by molar-refractivity contribution is -0.130. The molecule has 2 heterocycles. The van der Waals surface area contributed by atoms with Crippen LogP contribution in [0.25, 0.3) is 0 Å². The molecule has 1 saturated heterocycles. The predicted octanol–water partition coefficient (Wildman–Crippen LogP) is 3.02. The van der Waals surface area contributed by atoms with Gasteiger partial charge in [-0.25, -0.2) is 4.79 Å². The number of Topliss-reactive ketones (excluding diaryl/α,β-unsaturated/α-hetero) is 1. The van der Waals surface area contributed by atoms with Crippen molar-refractivity contribution in [3.05, 3.63) is 51.2 Å². The number of hydrogen-bond acceptors (Lipinski definition) is 5. The molecule has 0 spiro atoms. The maximum atomic E-state index is 12.9. The molecule has 136 valence electrons. The number of nitrogens with zero attached hydrogens (tertiary/aromatic N) is 1. The lowest BCUT2D eigenvalue weighted by Gasteiger charge is -2.22. The van der Waals surface area contributed by atoms with Crippen molar-refractivity contribution in [1.82, 2.24) is 10.2 Å². The second-order valence-corrected chi connectivity index (χ2v) is 7.89. The van der Waals surface area contributed by atoms with Crippen LogP contribution in [-0.2, 0) is 10.3 Å². The third-order valence-corrected chi connectivity index (χ3v) is 5.55. The maximum absolute atomic E-state index is 12.9. The van der Waals surface area contributed by atoms with Crippen LogP contribution in [0.15, 0.2) is 30.3 Å². The molecular formula is C19H20N2O4S. The molecule has 1 aromatic heterocycles. The van der Waals surface area contributed by atoms with Crippen LogP contribution in [0.4, 0.5) is 4.79 Å². The lowest BCUT2D eigenvalue weighted by atomic mass is 9.92. The van der Waals surface area contributed by atoms with Crippen molar-refractivity contribution >= 4 is 29.1 Å². The first-order valence-corrected chi connectivity index (χ1v) is 8.97. The Balaban J connectivity index is 1.84. The highest BCUT2D eigenvalue weighted by Crippen LogP contribution is 2.30. The van der Waals surface area contributed by atoms with E-state index in [0.29, 0.717) is 16.9 Å². The summed E-state index contributed by atoms with van der Waals surface area (Å²) in [5.74, 6) is -0.0237. The maximum Gasteiger partial charge on any atom is 0.325 e. The highest BCUT2D eigenvalue weighted by Gasteiger charge is 2.49. The topological polar surface area (TPSA) is 75.7 Å². The largest absolute Gasteiger partial charge is 0.497 e. The van der Waals surface area contributed by atoms with Gasteiger partial charge in [-0.15, -0.1) is 11.3 Å². The fourth-order valence-electron chi connectivity index (χ4n) is 3.10. The van der Waals surface area contributed by atoms with Gasteiger partial charge in [-0.2, -0.15) is 0 Å². The Morgan fingerprint density at radius 1 is 1.23 bits per heavy atom. The Morgan fingerprint density at radius 2 is 1.88 bits per heavy atom. The van der Waals surface area contributed by atoms with Gasteiger partial charge in [-0.3, -0.25) is 14.5 Å². The zero-order valence-electron chi connectivity index (χ0n) is 15.1. The van der Waals surface area contributed by atoms with Crippen molar-refractivity contribution in [3.8, 4) is 5.75 Å². The molecule has 7 heteroatoms. The molecule has 0 bridgehead atoms. The van der Waals surface area contributed by atoms with Crippen LogP contribution in [0.5, 0.6) is 5.75 Å². The molecule has 1 unspecified atom stereocenters. The van der Waals surface area contributed by atoms with Crippen LogP contribution in [0.2, 0.25) is 0 Å². The molecule has 26 heavy (non-hydrogen) atoms. The Hall–Kier alpha value is -2.67. The molecule has 1 fully saturated rings. The number of ether oxygens (including phenoxy) is 1. The summed E-state index contributed by atoms with van der Waals surface area (Å²) >= 11 is 1.52. The van der Waals surface area contributed by atoms with E-state index in [2.05, 4.69) is 5.32 Å². The number of amides is 3. The van der Waals surface area contributed by atoms with Gasteiger partial charge in [-0.05, 0) is 44.5 Å². The van der Waals surface area contributed by atoms with E-state index in [-0.39, 0.29) is 12.3 Å². The molecule has 2 aromatic rings. The van der Waals surface area contributed by atoms with Gasteiger partial charge in [0.05, 0.1) is 13.7 Å². The van der Waals surface area contributed by atoms with Gasteiger partial charge in [-0.1, -0.05) is 12.1 Å². The van der Waals surface area contributed by atoms with E-state index >= 15 is 0 Å². The van der Waals surface area contributed by atoms with Gasteiger partial charge in [0.2, 0.25) is 0 Å². The third kappa shape index (κ3) is 2.99. The summed E-state index contributed by atoms with van der Waals surface area (Å²) in [6.07, 6.45) is 0. The number of hydrogen-bond donors (Lipinski definition) is 1. The van der Waals surface area contributed by atoms with Crippen LogP contribution >= 0.6 is 11.3 Å². The molecule has 1 aromatic carbocycles. The number of rotatable bonds is 5. The molecule has 3 amide bonds. The van der Waals surface area contributed by atoms with Crippen LogP contribution < -0.4 is 10.1 Å². The Bertz CT molecular complexity index is 887. The van der Waals surface area contributed by atoms with Crippen molar-refractivity contribution in [2.24, 2.45) is 0 Å². The number of urea groups is 1. The number of methoxy groups -OCH3 is 1. The number of ketones is 1. The summed E-state index contributed by atoms with van der Waals surface area (Å²) < 4.78 is 5.12. The minimum atomic E-state index is -1.21. The van der Waals surface area contributed by atoms with E-state index in [1.807, 2.05) is 13.8 Å². The SMILES string of the molecule is COc1ccc(C2(C)NC(=O)N(CC(=O)c3cc(C)sc3C)C2=O)cc1. The van der Waals surface area contributed by atoms with Crippen LogP contribution in [0.3, 0.4) is 0 Å². The fourth-order valence-corrected chi connectivity index (χ4v) is 4.04. The summed E-state index contributed by atoms with van der Waals surface area (Å²) in [7, 11) is 1.56. The fraction of sp³-hybridized carbons (Fsp3) is 0.316. The molecule has 0 saturated carbocycles. The van der Waals surface area contributed by atoms with E-state index in [1.54, 1.807) is 44.4 Å². The number of aryl methyl sites for hydroxylation is 2. The molecule has 6 nitrogen and oxygen atoms in total. The van der Waals surface area contributed by atoms with Crippen molar-refractivity contribution < 1.29 is 19.1 Å². The summed E-state index contributed by atoms with van der Waals surface area (Å²) in [5.41, 5.74) is -0.0104. The third-order valence-electron chi connectivity index (χ3n) is 4.59. The number of thiophene rings is 1. The van der Waals surface area contributed by atoms with E-state index in [4.69, 9.17) is 4.74 Å². The second-order valence-electron chi connectivity index (χ2n) is 6.43. The summed E-state index contributed by atoms with van der Waals surface area (Å²) in [4.78, 5) is 40.7. The quantitative estimate of drug-likeness (QED) is 0.647. The van der Waals surface area contributed by atoms with E-state index < -0.39 is 17.5 Å². The number of nitrogens with one attached hydrogen (secondary N) is 1. The van der Waals surface area contributed by atoms with Gasteiger partial charge in [0.25, 0.3) is 5.91 Å². The van der Waals surface area contributed by atoms with Crippen LogP contribution in [0.1, 0.15) is 32.6 Å². The Kier molecular flexibility index (Phi) is 4.58. The molecule has 0 aliphatic carbocycles. The average molecular weight is 372 g/mol. The zero-order valence-corrected chi connectivity index (χ0v) is 15.9. The Morgan fingerprint density at radius 3 is 2.42 bits per heavy atom. The van der Waals surface area contributed by atoms with Crippen molar-refractivity contribution in [2.75, 3.05) is 13.7 Å². The molecule has 1 aliphatic rings. The van der Waals surface area contributed by atoms with E-state index in [0.717, 1.165) is 14.7 Å². The standard InChI is InChI=1S/C19H20N2O4S/c1-11-9-15(12(2)26-11)16(22)10-21-17(23)19(3,20-18(21)24)13-5-7-14(25-4)8-6-13/h5-9H,10H2,1-4H3,(H,20,24). The van der Waals surface area contributed by atoms with Gasteiger partial charge in [0.15, 0.2) is 5.78 Å². The monoisotopic (exact) mass is 372 g/mol. The minimum absolute atomic E-state index is 0.241. The first kappa shape index (κ1) is 18.1. The summed E-state index contributed by atoms with van der Waals surface area (Å²) in [6, 6.07) is 8.15. The summed E-state index contributed by atoms with van der Waals surface area (Å²) in [5, 5.41) is 2.71. The first-order chi connectivity index (χ1) is 12.3. The van der Waals surface area contributed by atoms with Gasteiger partial charge in [0, 0.05) is 15.3 Å². The van der Waals surface area contributed by atoms with Crippen molar-refractivity contribution in [1.29, 1.82) is 0 Å². The highest BCUT2D eigenvalue weighted by atomic mass is 32.1. The van der Waals surface area contributed by atoms with E-state index in [9.17, 15) is 14.4 Å². The molecule has 1 atom stereocenters. The summed E-state index contributed by atoms with van der Waals surface area (Å²) in [6.45, 7) is 5.15. The Labute approximate surface area is 155 Å². The molecule has 0 radical (unpaired) electrons. The molecular weight excluding hydrogens is 352 g/mol. The molecule has 1 aliphatic heterocycles. The predicted molar refractivity (Wildman–Crippen MR) is 98.7 cm³/mol. The number of benzene rings is 1. The smallest absolute Gasteiger partial charge is 0.325 e. The van der Waals surface area contributed by atoms with Gasteiger partial charge in [0.1, 0.15) is 11.3 Å². The first-order valence-electron chi connectivity index (χ1n) is 8.15. The second kappa shape index (κ2) is 6.57. The normalized spacial score (nSPS) is 19.6. The number of carbonyl (C=O) groups excluding carboxylic acids is 3. The minimum Gasteiger partial charge on any atom is -0.497 e. The zero-order chi connectivity index (χ0) is 19.1. The van der Waals surface area contributed by atoms with Crippen LogP contribution in [-0.4, -0.2) is 36.3 Å². The van der Waals surface area contributed by atoms with Crippen molar-refractivity contribution in [2.45, 2.75) is 26.3 Å². The molecule has 1 N–H and O–H groups in total. The van der Waals surface area contributed by atoms with E-state index in [1.165, 1.54) is 11.3 Å². The van der Waals surface area contributed by atoms with Crippen LogP contribution in [0, 0.1) is 13.8 Å². The number of imide groups is 1. The van der Waals surface area contributed by atoms with Gasteiger partial charge >= 0.3 is 6.03 Å². The highest BCUT2D eigenvalue weighted by molar-refractivity contribution is 7.12. The average Bonchev–Trinajstić information content (AvgIpc) is 3.06.